The highest BCUT2D eigenvalue weighted by Crippen LogP contribution is 2.21. The van der Waals surface area contributed by atoms with Gasteiger partial charge in [0.15, 0.2) is 5.88 Å². The van der Waals surface area contributed by atoms with Gasteiger partial charge in [-0.05, 0) is 31.4 Å². The summed E-state index contributed by atoms with van der Waals surface area (Å²) in [7, 11) is -5.24. The molecule has 2 aromatic heterocycles. The fourth-order valence-electron chi connectivity index (χ4n) is 1.91. The van der Waals surface area contributed by atoms with E-state index in [2.05, 4.69) is 4.98 Å². The summed E-state index contributed by atoms with van der Waals surface area (Å²) >= 11 is 0. The molecule has 0 amide bonds. The average Bonchev–Trinajstić information content (AvgIpc) is 2.94. The van der Waals surface area contributed by atoms with Crippen LogP contribution in [0.2, 0.25) is 0 Å². The topological polar surface area (TPSA) is 72.7 Å². The van der Waals surface area contributed by atoms with Gasteiger partial charge in [0.05, 0.1) is 6.61 Å². The molecule has 0 radical (unpaired) electrons. The van der Waals surface area contributed by atoms with E-state index in [1.54, 1.807) is 22.9 Å². The molecule has 6 nitrogen and oxygen atoms in total. The number of aromatic nitrogens is 2. The Morgan fingerprint density at radius 2 is 2.00 bits per heavy atom. The first-order chi connectivity index (χ1) is 10.8. The highest BCUT2D eigenvalue weighted by molar-refractivity contribution is 7.90. The molecule has 0 aromatic carbocycles. The van der Waals surface area contributed by atoms with Crippen LogP contribution in [0.15, 0.2) is 30.6 Å². The first-order valence-corrected chi connectivity index (χ1v) is 8.40. The van der Waals surface area contributed by atoms with Crippen LogP contribution in [0.3, 0.4) is 0 Å². The fraction of sp³-hybridized carbons (Fsp3) is 0.462. The highest BCUT2D eigenvalue weighted by Gasteiger charge is 2.45. The lowest BCUT2D eigenvalue weighted by Crippen LogP contribution is -2.36. The molecule has 2 heterocycles. The summed E-state index contributed by atoms with van der Waals surface area (Å²) in [5.74, 6) is 0.623. The Hall–Kier alpha value is -1.81. The van der Waals surface area contributed by atoms with E-state index in [1.807, 2.05) is 12.1 Å². The van der Waals surface area contributed by atoms with Crippen molar-refractivity contribution in [1.82, 2.24) is 14.1 Å². The second-order valence-electron chi connectivity index (χ2n) is 4.77. The van der Waals surface area contributed by atoms with E-state index in [4.69, 9.17) is 4.74 Å². The van der Waals surface area contributed by atoms with E-state index in [-0.39, 0.29) is 6.54 Å². The number of rotatable bonds is 8. The third kappa shape index (κ3) is 4.58. The van der Waals surface area contributed by atoms with Gasteiger partial charge in [0.1, 0.15) is 5.65 Å². The van der Waals surface area contributed by atoms with Gasteiger partial charge in [-0.25, -0.2) is 18.1 Å². The van der Waals surface area contributed by atoms with Crippen molar-refractivity contribution in [2.75, 3.05) is 13.2 Å². The summed E-state index contributed by atoms with van der Waals surface area (Å²) in [6, 6.07) is 5.43. The zero-order chi connectivity index (χ0) is 16.9. The van der Waals surface area contributed by atoms with Gasteiger partial charge in [0, 0.05) is 18.9 Å². The van der Waals surface area contributed by atoms with Crippen molar-refractivity contribution < 1.29 is 26.3 Å². The van der Waals surface area contributed by atoms with E-state index >= 15 is 0 Å². The Morgan fingerprint density at radius 1 is 1.22 bits per heavy atom. The van der Waals surface area contributed by atoms with Crippen LogP contribution >= 0.6 is 0 Å². The lowest BCUT2D eigenvalue weighted by molar-refractivity contribution is -0.0447. The van der Waals surface area contributed by atoms with E-state index in [1.165, 1.54) is 4.72 Å². The Kier molecular flexibility index (Phi) is 5.47. The average molecular weight is 351 g/mol. The van der Waals surface area contributed by atoms with Crippen LogP contribution in [0.1, 0.15) is 19.3 Å². The van der Waals surface area contributed by atoms with Gasteiger partial charge in [0.25, 0.3) is 0 Å². The number of halogens is 3. The minimum atomic E-state index is -5.26. The lowest BCUT2D eigenvalue weighted by Gasteiger charge is -2.10. The molecule has 0 aliphatic heterocycles. The number of hydrogen-bond acceptors (Lipinski definition) is 4. The first-order valence-electron chi connectivity index (χ1n) is 6.92. The quantitative estimate of drug-likeness (QED) is 0.741. The predicted molar refractivity (Wildman–Crippen MR) is 77.5 cm³/mol. The number of nitrogens with one attached hydrogen (secondary N) is 1. The van der Waals surface area contributed by atoms with Crippen LogP contribution in [0.4, 0.5) is 13.2 Å². The monoisotopic (exact) mass is 351 g/mol. The normalized spacial score (nSPS) is 12.7. The van der Waals surface area contributed by atoms with E-state index in [9.17, 15) is 21.6 Å². The number of alkyl halides is 3. The molecule has 1 N–H and O–H groups in total. The van der Waals surface area contributed by atoms with Crippen molar-refractivity contribution in [3.05, 3.63) is 30.6 Å². The highest BCUT2D eigenvalue weighted by atomic mass is 32.2. The molecular formula is C13H16F3N3O3S. The molecule has 0 saturated carbocycles. The zero-order valence-electron chi connectivity index (χ0n) is 12.1. The summed E-state index contributed by atoms with van der Waals surface area (Å²) in [4.78, 5) is 4.12. The maximum atomic E-state index is 12.1. The molecule has 0 bridgehead atoms. The summed E-state index contributed by atoms with van der Waals surface area (Å²) in [5, 5.41) is 0. The van der Waals surface area contributed by atoms with Crippen LogP contribution in [0.5, 0.6) is 5.88 Å². The Bertz CT molecular complexity index is 743. The molecule has 0 aliphatic carbocycles. The van der Waals surface area contributed by atoms with Gasteiger partial charge >= 0.3 is 15.5 Å². The van der Waals surface area contributed by atoms with Crippen molar-refractivity contribution in [3.8, 4) is 5.88 Å². The molecule has 0 unspecified atom stereocenters. The number of pyridine rings is 1. The minimum absolute atomic E-state index is 0.251. The van der Waals surface area contributed by atoms with Gasteiger partial charge in [-0.15, -0.1) is 0 Å². The smallest absolute Gasteiger partial charge is 0.479 e. The van der Waals surface area contributed by atoms with E-state index in [0.717, 1.165) is 5.65 Å². The third-order valence-electron chi connectivity index (χ3n) is 3.06. The number of sulfonamides is 1. The second-order valence-corrected chi connectivity index (χ2v) is 6.53. The first kappa shape index (κ1) is 17.5. The third-order valence-corrected chi connectivity index (χ3v) is 4.25. The van der Waals surface area contributed by atoms with Crippen LogP contribution < -0.4 is 9.46 Å². The summed E-state index contributed by atoms with van der Waals surface area (Å²) in [6.45, 7) is 0.127. The molecule has 2 rings (SSSR count). The fourth-order valence-corrected chi connectivity index (χ4v) is 2.48. The molecule has 0 spiro atoms. The molecule has 0 saturated heterocycles. The van der Waals surface area contributed by atoms with Crippen LogP contribution in [0.25, 0.3) is 5.65 Å². The largest absolute Gasteiger partial charge is 0.511 e. The number of unbranched alkanes of at least 4 members (excludes halogenated alkanes) is 2. The molecular weight excluding hydrogens is 335 g/mol. The van der Waals surface area contributed by atoms with Gasteiger partial charge < -0.3 is 4.74 Å². The van der Waals surface area contributed by atoms with Crippen molar-refractivity contribution >= 4 is 15.7 Å². The number of imidazole rings is 1. The number of ether oxygens (including phenoxy) is 1. The summed E-state index contributed by atoms with van der Waals surface area (Å²) < 4.78 is 66.6. The molecule has 0 aliphatic rings. The molecule has 2 aromatic rings. The molecule has 23 heavy (non-hydrogen) atoms. The van der Waals surface area contributed by atoms with E-state index in [0.29, 0.717) is 31.7 Å². The second kappa shape index (κ2) is 7.18. The van der Waals surface area contributed by atoms with Crippen molar-refractivity contribution in [2.45, 2.75) is 24.8 Å². The summed E-state index contributed by atoms with van der Waals surface area (Å²) in [6.07, 6.45) is 4.85. The van der Waals surface area contributed by atoms with Gasteiger partial charge in [0.2, 0.25) is 0 Å². The van der Waals surface area contributed by atoms with E-state index < -0.39 is 15.5 Å². The number of fused-ring (bicyclic) bond motifs is 1. The lowest BCUT2D eigenvalue weighted by atomic mass is 10.2. The zero-order valence-corrected chi connectivity index (χ0v) is 12.9. The van der Waals surface area contributed by atoms with Crippen LogP contribution in [-0.2, 0) is 10.0 Å². The maximum absolute atomic E-state index is 12.1. The molecule has 0 fully saturated rings. The summed E-state index contributed by atoms with van der Waals surface area (Å²) in [5.41, 5.74) is -4.51. The predicted octanol–water partition coefficient (Wildman–Crippen LogP) is 2.32. The number of nitrogens with zero attached hydrogens (tertiary/aromatic N) is 2. The molecule has 0 atom stereocenters. The van der Waals surface area contributed by atoms with Crippen molar-refractivity contribution in [1.29, 1.82) is 0 Å². The maximum Gasteiger partial charge on any atom is 0.511 e. The molecule has 10 heteroatoms. The Labute approximate surface area is 131 Å². The standard InChI is InChI=1S/C13H16F3N3O3S/c14-13(15,16)23(20,21)18-7-2-1-3-10-22-12-6-4-5-11-17-8-9-19(11)12/h4-6,8-9,18H,1-3,7,10H2. The van der Waals surface area contributed by atoms with Crippen molar-refractivity contribution in [2.24, 2.45) is 0 Å². The number of hydrogen-bond donors (Lipinski definition) is 1. The minimum Gasteiger partial charge on any atom is -0.479 e. The van der Waals surface area contributed by atoms with Crippen molar-refractivity contribution in [3.63, 3.8) is 0 Å². The van der Waals surface area contributed by atoms with Crippen LogP contribution in [-0.4, -0.2) is 36.5 Å². The van der Waals surface area contributed by atoms with Gasteiger partial charge in [-0.2, -0.15) is 13.2 Å². The van der Waals surface area contributed by atoms with Gasteiger partial charge in [-0.1, -0.05) is 6.07 Å². The Balaban J connectivity index is 1.66. The molecule has 128 valence electrons. The van der Waals surface area contributed by atoms with Crippen LogP contribution in [0, 0.1) is 0 Å². The Morgan fingerprint density at radius 3 is 2.74 bits per heavy atom. The SMILES string of the molecule is O=S(=O)(NCCCCCOc1cccc2nccn12)C(F)(F)F. The van der Waals surface area contributed by atoms with Gasteiger partial charge in [-0.3, -0.25) is 4.40 Å².